The van der Waals surface area contributed by atoms with Crippen molar-refractivity contribution in [3.8, 4) is 11.6 Å². The van der Waals surface area contributed by atoms with Crippen LogP contribution in [0.15, 0.2) is 41.0 Å². The Hall–Kier alpha value is -2.93. The topological polar surface area (TPSA) is 54.6 Å². The van der Waals surface area contributed by atoms with Crippen molar-refractivity contribution in [3.05, 3.63) is 65.0 Å². The fourth-order valence-electron chi connectivity index (χ4n) is 4.30. The number of piperidine rings is 1. The minimum atomic E-state index is -0.240. The maximum Gasteiger partial charge on any atom is 0.228 e. The van der Waals surface area contributed by atoms with Gasteiger partial charge in [-0.15, -0.1) is 0 Å². The van der Waals surface area contributed by atoms with Gasteiger partial charge < -0.3 is 14.1 Å². The second kappa shape index (κ2) is 8.67. The van der Waals surface area contributed by atoms with Gasteiger partial charge in [0, 0.05) is 32.6 Å². The summed E-state index contributed by atoms with van der Waals surface area (Å²) in [6.45, 7) is 6.00. The zero-order valence-electron chi connectivity index (χ0n) is 17.8. The van der Waals surface area contributed by atoms with E-state index in [0.29, 0.717) is 23.7 Å². The van der Waals surface area contributed by atoms with Gasteiger partial charge in [0.05, 0.1) is 24.1 Å². The molecule has 2 aromatic heterocycles. The minimum Gasteiger partial charge on any atom is -0.468 e. The van der Waals surface area contributed by atoms with Crippen LogP contribution in [0.5, 0.6) is 11.6 Å². The SMILES string of the molecule is Cc1cc(Oc2nc(N3CCCCC3)nc3c2CN(Cc2ccco2)CC3)ccc1F. The highest BCUT2D eigenvalue weighted by Gasteiger charge is 2.26. The molecule has 0 saturated carbocycles. The van der Waals surface area contributed by atoms with E-state index < -0.39 is 0 Å². The molecule has 6 nitrogen and oxygen atoms in total. The molecule has 162 valence electrons. The molecule has 1 aromatic carbocycles. The van der Waals surface area contributed by atoms with Crippen LogP contribution in [0.4, 0.5) is 10.3 Å². The van der Waals surface area contributed by atoms with Gasteiger partial charge in [-0.05, 0) is 62.1 Å². The van der Waals surface area contributed by atoms with Crippen molar-refractivity contribution in [1.82, 2.24) is 14.9 Å². The van der Waals surface area contributed by atoms with Crippen LogP contribution in [0.25, 0.3) is 0 Å². The molecule has 2 aliphatic heterocycles. The molecule has 31 heavy (non-hydrogen) atoms. The fraction of sp³-hybridized carbons (Fsp3) is 0.417. The molecule has 0 N–H and O–H groups in total. The van der Waals surface area contributed by atoms with Crippen molar-refractivity contribution in [2.24, 2.45) is 0 Å². The smallest absolute Gasteiger partial charge is 0.228 e. The Morgan fingerprint density at radius 2 is 1.97 bits per heavy atom. The molecule has 0 spiro atoms. The van der Waals surface area contributed by atoms with E-state index in [-0.39, 0.29) is 5.82 Å². The van der Waals surface area contributed by atoms with E-state index in [9.17, 15) is 4.39 Å². The lowest BCUT2D eigenvalue weighted by molar-refractivity contribution is 0.219. The van der Waals surface area contributed by atoms with Gasteiger partial charge in [-0.3, -0.25) is 4.90 Å². The van der Waals surface area contributed by atoms with Crippen molar-refractivity contribution in [2.75, 3.05) is 24.5 Å². The molecule has 0 amide bonds. The summed E-state index contributed by atoms with van der Waals surface area (Å²) in [6, 6.07) is 8.71. The predicted octanol–water partition coefficient (Wildman–Crippen LogP) is 4.86. The normalized spacial score (nSPS) is 16.9. The second-order valence-corrected chi connectivity index (χ2v) is 8.35. The van der Waals surface area contributed by atoms with Crippen LogP contribution < -0.4 is 9.64 Å². The maximum absolute atomic E-state index is 13.7. The summed E-state index contributed by atoms with van der Waals surface area (Å²) in [5.74, 6) is 2.60. The summed E-state index contributed by atoms with van der Waals surface area (Å²) in [7, 11) is 0. The zero-order valence-corrected chi connectivity index (χ0v) is 17.8. The second-order valence-electron chi connectivity index (χ2n) is 8.35. The first-order chi connectivity index (χ1) is 15.2. The number of nitrogens with zero attached hydrogens (tertiary/aromatic N) is 4. The largest absolute Gasteiger partial charge is 0.468 e. The zero-order chi connectivity index (χ0) is 21.2. The molecule has 0 bridgehead atoms. The third kappa shape index (κ3) is 4.42. The van der Waals surface area contributed by atoms with E-state index in [1.807, 2.05) is 12.1 Å². The fourth-order valence-corrected chi connectivity index (χ4v) is 4.30. The summed E-state index contributed by atoms with van der Waals surface area (Å²) >= 11 is 0. The van der Waals surface area contributed by atoms with Crippen molar-refractivity contribution in [3.63, 3.8) is 0 Å². The van der Waals surface area contributed by atoms with Crippen LogP contribution in [-0.2, 0) is 19.5 Å². The summed E-state index contributed by atoms with van der Waals surface area (Å²) < 4.78 is 25.5. The average Bonchev–Trinajstić information content (AvgIpc) is 3.30. The third-order valence-electron chi connectivity index (χ3n) is 6.03. The predicted molar refractivity (Wildman–Crippen MR) is 116 cm³/mol. The van der Waals surface area contributed by atoms with E-state index in [2.05, 4.69) is 9.80 Å². The Bertz CT molecular complexity index is 1050. The lowest BCUT2D eigenvalue weighted by Crippen LogP contribution is -2.34. The first-order valence-corrected chi connectivity index (χ1v) is 11.0. The van der Waals surface area contributed by atoms with Crippen molar-refractivity contribution in [1.29, 1.82) is 0 Å². The molecular weight excluding hydrogens is 395 g/mol. The molecule has 4 heterocycles. The molecule has 0 aliphatic carbocycles. The molecular formula is C24H27FN4O2. The minimum absolute atomic E-state index is 0.240. The summed E-state index contributed by atoms with van der Waals surface area (Å²) in [5.41, 5.74) is 2.59. The van der Waals surface area contributed by atoms with Crippen LogP contribution in [-0.4, -0.2) is 34.5 Å². The first kappa shape index (κ1) is 20.0. The lowest BCUT2D eigenvalue weighted by Gasteiger charge is -2.31. The van der Waals surface area contributed by atoms with Crippen LogP contribution in [0.3, 0.4) is 0 Å². The van der Waals surface area contributed by atoms with Crippen molar-refractivity contribution in [2.45, 2.75) is 45.7 Å². The highest BCUT2D eigenvalue weighted by Crippen LogP contribution is 2.33. The molecule has 1 saturated heterocycles. The van der Waals surface area contributed by atoms with Gasteiger partial charge in [-0.1, -0.05) is 0 Å². The lowest BCUT2D eigenvalue weighted by atomic mass is 10.1. The van der Waals surface area contributed by atoms with Gasteiger partial charge in [0.15, 0.2) is 0 Å². The number of fused-ring (bicyclic) bond motifs is 1. The van der Waals surface area contributed by atoms with Crippen molar-refractivity contribution >= 4 is 5.95 Å². The summed E-state index contributed by atoms with van der Waals surface area (Å²) in [6.07, 6.45) is 6.10. The number of benzene rings is 1. The van der Waals surface area contributed by atoms with Gasteiger partial charge in [-0.2, -0.15) is 4.98 Å². The molecule has 2 aliphatic rings. The number of aromatic nitrogens is 2. The Morgan fingerprint density at radius 1 is 1.10 bits per heavy atom. The highest BCUT2D eigenvalue weighted by molar-refractivity contribution is 5.44. The summed E-state index contributed by atoms with van der Waals surface area (Å²) in [4.78, 5) is 14.3. The Balaban J connectivity index is 1.47. The number of rotatable bonds is 5. The number of halogens is 1. The number of aryl methyl sites for hydroxylation is 1. The molecule has 3 aromatic rings. The van der Waals surface area contributed by atoms with E-state index in [1.165, 1.54) is 12.5 Å². The number of hydrogen-bond acceptors (Lipinski definition) is 6. The van der Waals surface area contributed by atoms with Crippen LogP contribution in [0.2, 0.25) is 0 Å². The molecule has 5 rings (SSSR count). The highest BCUT2D eigenvalue weighted by atomic mass is 19.1. The third-order valence-corrected chi connectivity index (χ3v) is 6.03. The van der Waals surface area contributed by atoms with Gasteiger partial charge in [0.1, 0.15) is 17.3 Å². The Morgan fingerprint density at radius 3 is 2.74 bits per heavy atom. The Labute approximate surface area is 181 Å². The standard InChI is InChI=1S/C24H27FN4O2/c1-17-14-18(7-8-21(17)25)31-23-20-16-28(15-19-6-5-13-30-19)12-9-22(20)26-24(27-23)29-10-3-2-4-11-29/h5-8,13-14H,2-4,9-12,15-16H2,1H3. The monoisotopic (exact) mass is 422 g/mol. The number of furan rings is 1. The van der Waals surface area contributed by atoms with E-state index in [1.54, 1.807) is 25.3 Å². The quantitative estimate of drug-likeness (QED) is 0.585. The Kier molecular flexibility index (Phi) is 5.59. The van der Waals surface area contributed by atoms with E-state index in [0.717, 1.165) is 68.4 Å². The van der Waals surface area contributed by atoms with Gasteiger partial charge in [0.2, 0.25) is 11.8 Å². The van der Waals surface area contributed by atoms with Crippen LogP contribution in [0, 0.1) is 12.7 Å². The van der Waals surface area contributed by atoms with Gasteiger partial charge in [0.25, 0.3) is 0 Å². The number of hydrogen-bond donors (Lipinski definition) is 0. The van der Waals surface area contributed by atoms with Crippen LogP contribution in [0.1, 0.15) is 41.8 Å². The first-order valence-electron chi connectivity index (χ1n) is 11.0. The summed E-state index contributed by atoms with van der Waals surface area (Å²) in [5, 5.41) is 0. The molecule has 0 unspecified atom stereocenters. The van der Waals surface area contributed by atoms with Gasteiger partial charge in [-0.25, -0.2) is 9.37 Å². The van der Waals surface area contributed by atoms with E-state index >= 15 is 0 Å². The average molecular weight is 423 g/mol. The molecule has 0 atom stereocenters. The molecule has 7 heteroatoms. The number of anilines is 1. The van der Waals surface area contributed by atoms with E-state index in [4.69, 9.17) is 19.1 Å². The maximum atomic E-state index is 13.7. The van der Waals surface area contributed by atoms with Crippen molar-refractivity contribution < 1.29 is 13.5 Å². The number of ether oxygens (including phenoxy) is 1. The molecule has 0 radical (unpaired) electrons. The van der Waals surface area contributed by atoms with Gasteiger partial charge >= 0.3 is 0 Å². The van der Waals surface area contributed by atoms with Crippen LogP contribution >= 0.6 is 0 Å². The molecule has 1 fully saturated rings.